The number of thioether (sulfide) groups is 1. The van der Waals surface area contributed by atoms with Crippen LogP contribution >= 0.6 is 11.8 Å². The normalized spacial score (nSPS) is 22.4. The molecule has 10 heteroatoms. The number of fused-ring (bicyclic) bond motifs is 2. The van der Waals surface area contributed by atoms with Gasteiger partial charge in [0.2, 0.25) is 11.3 Å². The highest BCUT2D eigenvalue weighted by Crippen LogP contribution is 2.49. The van der Waals surface area contributed by atoms with Gasteiger partial charge < -0.3 is 19.5 Å². The van der Waals surface area contributed by atoms with E-state index >= 15 is 4.39 Å². The lowest BCUT2D eigenvalue weighted by Crippen LogP contribution is -2.38. The number of anilines is 1. The van der Waals surface area contributed by atoms with Gasteiger partial charge in [-0.05, 0) is 45.1 Å². The molecule has 0 bridgehead atoms. The smallest absolute Gasteiger partial charge is 0.217 e. The number of hydrogen-bond donors (Lipinski definition) is 1. The van der Waals surface area contributed by atoms with Crippen molar-refractivity contribution in [2.45, 2.75) is 62.4 Å². The first-order chi connectivity index (χ1) is 16.6. The third-order valence-electron chi connectivity index (χ3n) is 7.21. The van der Waals surface area contributed by atoms with Crippen LogP contribution in [0.25, 0.3) is 10.9 Å². The zero-order chi connectivity index (χ0) is 25.2. The maximum Gasteiger partial charge on any atom is 0.217 e. The molecule has 1 aromatic heterocycles. The fourth-order valence-corrected chi connectivity index (χ4v) is 6.65. The number of amides is 1. The lowest BCUT2D eigenvalue weighted by Gasteiger charge is -2.26. The van der Waals surface area contributed by atoms with Crippen LogP contribution < -0.4 is 20.4 Å². The minimum atomic E-state index is -0.954. The number of rotatable bonds is 6. The number of ketones is 2. The van der Waals surface area contributed by atoms with Gasteiger partial charge in [-0.2, -0.15) is 0 Å². The quantitative estimate of drug-likeness (QED) is 0.608. The minimum absolute atomic E-state index is 0.0193. The van der Waals surface area contributed by atoms with Crippen LogP contribution in [-0.4, -0.2) is 53.5 Å². The molecule has 2 aliphatic heterocycles. The van der Waals surface area contributed by atoms with Crippen molar-refractivity contribution in [2.24, 2.45) is 5.92 Å². The summed E-state index contributed by atoms with van der Waals surface area (Å²) in [5.41, 5.74) is 0.173. The molecule has 5 rings (SSSR count). The average molecular weight is 502 g/mol. The Bertz CT molecular complexity index is 1340. The number of aromatic nitrogens is 1. The molecule has 1 unspecified atom stereocenters. The number of benzene rings is 1. The second-order valence-electron chi connectivity index (χ2n) is 9.70. The van der Waals surface area contributed by atoms with Gasteiger partial charge in [0.25, 0.3) is 0 Å². The van der Waals surface area contributed by atoms with Crippen molar-refractivity contribution in [1.29, 1.82) is 0 Å². The van der Waals surface area contributed by atoms with E-state index in [9.17, 15) is 19.2 Å². The molecular weight excluding hydrogens is 473 g/mol. The topological polar surface area (TPSA) is 97.7 Å². The van der Waals surface area contributed by atoms with Gasteiger partial charge in [-0.25, -0.2) is 4.39 Å². The number of ether oxygens (including phenoxy) is 1. The number of hydrogen-bond acceptors (Lipinski definition) is 7. The van der Waals surface area contributed by atoms with Gasteiger partial charge in [-0.1, -0.05) is 11.8 Å². The molecule has 8 nitrogen and oxygen atoms in total. The molecule has 1 amide bonds. The molecule has 0 spiro atoms. The molecule has 1 saturated carbocycles. The van der Waals surface area contributed by atoms with Crippen molar-refractivity contribution in [3.05, 3.63) is 27.7 Å². The van der Waals surface area contributed by atoms with Crippen LogP contribution in [0.5, 0.6) is 5.75 Å². The first-order valence-corrected chi connectivity index (χ1v) is 12.7. The summed E-state index contributed by atoms with van der Waals surface area (Å²) in [5.74, 6) is -1.12. The summed E-state index contributed by atoms with van der Waals surface area (Å²) in [5, 5.41) is 2.53. The molecule has 1 aromatic carbocycles. The Morgan fingerprint density at radius 1 is 1.23 bits per heavy atom. The number of pyridine rings is 1. The largest absolute Gasteiger partial charge is 0.492 e. The van der Waals surface area contributed by atoms with Crippen molar-refractivity contribution in [1.82, 2.24) is 9.88 Å². The maximum atomic E-state index is 15.7. The zero-order valence-corrected chi connectivity index (χ0v) is 21.0. The summed E-state index contributed by atoms with van der Waals surface area (Å²) in [6, 6.07) is 1.19. The predicted octanol–water partition coefficient (Wildman–Crippen LogP) is 3.08. The highest BCUT2D eigenvalue weighted by Gasteiger charge is 2.43. The molecule has 35 heavy (non-hydrogen) atoms. The summed E-state index contributed by atoms with van der Waals surface area (Å²) in [4.78, 5) is 51.9. The highest BCUT2D eigenvalue weighted by molar-refractivity contribution is 8.02. The van der Waals surface area contributed by atoms with Crippen molar-refractivity contribution in [3.63, 3.8) is 0 Å². The van der Waals surface area contributed by atoms with Gasteiger partial charge in [0, 0.05) is 32.1 Å². The number of methoxy groups -OCH3 is 1. The second kappa shape index (κ2) is 8.65. The highest BCUT2D eigenvalue weighted by atomic mass is 32.2. The molecule has 1 aliphatic carbocycles. The standard InChI is InChI=1S/C25H28FN3O5S/c1-11(27-13(3)31)14-7-8-28(10-14)20-17(26)9-16-19(23(20)34-4)29(15-5-6-15)25-18(21(16)32)22(33)24(35-25)12(2)30/h9,11,14-15,24H,5-8,10H2,1-4H3,(H,27,31)/t11-,14+,24?/m1/s1. The first kappa shape index (κ1) is 23.8. The molecule has 2 fully saturated rings. The lowest BCUT2D eigenvalue weighted by atomic mass is 10.0. The van der Waals surface area contributed by atoms with Crippen molar-refractivity contribution >= 4 is 45.8 Å². The number of carbonyl (C=O) groups is 3. The number of nitrogens with zero attached hydrogens (tertiary/aromatic N) is 2. The average Bonchev–Trinajstić information content (AvgIpc) is 3.39. The van der Waals surface area contributed by atoms with Gasteiger partial charge in [0.1, 0.15) is 10.9 Å². The predicted molar refractivity (Wildman–Crippen MR) is 131 cm³/mol. The summed E-state index contributed by atoms with van der Waals surface area (Å²) in [6.07, 6.45) is 2.49. The second-order valence-corrected chi connectivity index (χ2v) is 10.8. The third kappa shape index (κ3) is 3.82. The van der Waals surface area contributed by atoms with Crippen LogP contribution in [0.1, 0.15) is 56.4 Å². The number of nitrogens with one attached hydrogen (secondary N) is 1. The summed E-state index contributed by atoms with van der Waals surface area (Å²) < 4.78 is 23.4. The van der Waals surface area contributed by atoms with Gasteiger partial charge in [-0.3, -0.25) is 19.2 Å². The molecule has 1 N–H and O–H groups in total. The Hall–Kier alpha value is -2.88. The van der Waals surface area contributed by atoms with E-state index in [2.05, 4.69) is 5.32 Å². The van der Waals surface area contributed by atoms with E-state index in [1.165, 1.54) is 27.0 Å². The van der Waals surface area contributed by atoms with Gasteiger partial charge in [0.05, 0.1) is 28.6 Å². The molecule has 3 heterocycles. The van der Waals surface area contributed by atoms with E-state index < -0.39 is 22.3 Å². The van der Waals surface area contributed by atoms with E-state index in [-0.39, 0.29) is 52.1 Å². The fourth-order valence-electron chi connectivity index (χ4n) is 5.38. The van der Waals surface area contributed by atoms with E-state index in [0.29, 0.717) is 23.6 Å². The van der Waals surface area contributed by atoms with E-state index in [1.54, 1.807) is 0 Å². The van der Waals surface area contributed by atoms with E-state index in [4.69, 9.17) is 4.74 Å². The monoisotopic (exact) mass is 501 g/mol. The molecular formula is C25H28FN3O5S. The molecule has 0 radical (unpaired) electrons. The summed E-state index contributed by atoms with van der Waals surface area (Å²) in [6.45, 7) is 5.86. The van der Waals surface area contributed by atoms with Gasteiger partial charge in [0.15, 0.2) is 23.1 Å². The molecule has 186 valence electrons. The number of Topliss-reactive ketones (excluding diaryl/α,β-unsaturated/α-hetero) is 2. The van der Waals surface area contributed by atoms with Crippen LogP contribution in [0.2, 0.25) is 0 Å². The van der Waals surface area contributed by atoms with Crippen LogP contribution in [0.15, 0.2) is 15.9 Å². The molecule has 3 atom stereocenters. The molecule has 3 aliphatic rings. The van der Waals surface area contributed by atoms with Crippen LogP contribution in [-0.2, 0) is 9.59 Å². The van der Waals surface area contributed by atoms with Crippen LogP contribution in [0, 0.1) is 11.7 Å². The maximum absolute atomic E-state index is 15.7. The Morgan fingerprint density at radius 3 is 2.54 bits per heavy atom. The van der Waals surface area contributed by atoms with E-state index in [1.807, 2.05) is 16.4 Å². The van der Waals surface area contributed by atoms with Gasteiger partial charge in [-0.15, -0.1) is 0 Å². The Balaban J connectivity index is 1.68. The number of carbonyl (C=O) groups excluding carboxylic acids is 3. The Labute approximate surface area is 206 Å². The van der Waals surface area contributed by atoms with Crippen molar-refractivity contribution < 1.29 is 23.5 Å². The zero-order valence-electron chi connectivity index (χ0n) is 20.1. The van der Waals surface area contributed by atoms with Crippen molar-refractivity contribution in [2.75, 3.05) is 25.1 Å². The Kier molecular flexibility index (Phi) is 5.89. The molecule has 2 aromatic rings. The summed E-state index contributed by atoms with van der Waals surface area (Å²) >= 11 is 1.11. The third-order valence-corrected chi connectivity index (χ3v) is 8.61. The fraction of sp³-hybridized carbons (Fsp3) is 0.520. The first-order valence-electron chi connectivity index (χ1n) is 11.9. The lowest BCUT2D eigenvalue weighted by molar-refractivity contribution is -0.120. The van der Waals surface area contributed by atoms with Crippen LogP contribution in [0.4, 0.5) is 10.1 Å². The van der Waals surface area contributed by atoms with Crippen molar-refractivity contribution in [3.8, 4) is 5.75 Å². The van der Waals surface area contributed by atoms with E-state index in [0.717, 1.165) is 31.0 Å². The van der Waals surface area contributed by atoms with Gasteiger partial charge >= 0.3 is 0 Å². The SMILES string of the molecule is COc1c(N2CC[C@H]([C@@H](C)NC(C)=O)C2)c(F)cc2c(=O)c3c(n(C4CC4)c12)SC(C(C)=O)C3=O. The summed E-state index contributed by atoms with van der Waals surface area (Å²) in [7, 11) is 1.46. The Morgan fingerprint density at radius 2 is 1.94 bits per heavy atom. The number of halogens is 1. The van der Waals surface area contributed by atoms with Crippen LogP contribution in [0.3, 0.4) is 0 Å². The molecule has 1 saturated heterocycles. The minimum Gasteiger partial charge on any atom is -0.492 e.